The molecule has 35 heavy (non-hydrogen) atoms. The van der Waals surface area contributed by atoms with Gasteiger partial charge in [-0.3, -0.25) is 14.3 Å². The topological polar surface area (TPSA) is 38.1 Å². The molecule has 1 aromatic heterocycles. The standard InChI is InChI=1S/C29H29BFN3O/c1-2-27-32-26-15-16-33(18-22-13-14-23(30)17-25(22)31)19-24(26)29(35)34(27)28(20-9-5-3-6-10-20)21-11-7-4-8-12-21/h3-14,17,28H,2,15-16,18-19,30H2,1H3. The van der Waals surface area contributed by atoms with E-state index < -0.39 is 0 Å². The van der Waals surface area contributed by atoms with Crippen molar-refractivity contribution in [3.63, 3.8) is 0 Å². The Morgan fingerprint density at radius 1 is 1.00 bits per heavy atom. The number of rotatable bonds is 6. The maximum absolute atomic E-state index is 14.5. The zero-order chi connectivity index (χ0) is 24.4. The van der Waals surface area contributed by atoms with Crippen molar-refractivity contribution in [1.29, 1.82) is 0 Å². The molecule has 2 heterocycles. The highest BCUT2D eigenvalue weighted by atomic mass is 19.1. The van der Waals surface area contributed by atoms with Gasteiger partial charge in [0.15, 0.2) is 0 Å². The van der Waals surface area contributed by atoms with Gasteiger partial charge >= 0.3 is 0 Å². The number of hydrogen-bond donors (Lipinski definition) is 0. The molecule has 0 saturated heterocycles. The Balaban J connectivity index is 1.58. The zero-order valence-electron chi connectivity index (χ0n) is 20.2. The fourth-order valence-electron chi connectivity index (χ4n) is 5.03. The van der Waals surface area contributed by atoms with Crippen molar-refractivity contribution in [1.82, 2.24) is 14.5 Å². The maximum Gasteiger partial charge on any atom is 0.259 e. The molecule has 0 N–H and O–H groups in total. The predicted molar refractivity (Wildman–Crippen MR) is 140 cm³/mol. The van der Waals surface area contributed by atoms with Crippen LogP contribution in [-0.4, -0.2) is 28.8 Å². The Morgan fingerprint density at radius 2 is 1.66 bits per heavy atom. The average molecular weight is 465 g/mol. The summed E-state index contributed by atoms with van der Waals surface area (Å²) in [4.78, 5) is 21.3. The molecule has 0 fully saturated rings. The summed E-state index contributed by atoms with van der Waals surface area (Å²) in [7, 11) is 1.89. The molecule has 0 bridgehead atoms. The van der Waals surface area contributed by atoms with Crippen LogP contribution in [0.1, 0.15) is 46.7 Å². The summed E-state index contributed by atoms with van der Waals surface area (Å²) in [6, 6.07) is 25.3. The van der Waals surface area contributed by atoms with Crippen LogP contribution in [0.15, 0.2) is 83.7 Å². The first-order valence-corrected chi connectivity index (χ1v) is 12.3. The summed E-state index contributed by atoms with van der Waals surface area (Å²) < 4.78 is 16.4. The molecule has 6 heteroatoms. The minimum atomic E-state index is -0.262. The third-order valence-corrected chi connectivity index (χ3v) is 6.82. The Kier molecular flexibility index (Phi) is 6.64. The molecule has 1 aliphatic rings. The average Bonchev–Trinajstić information content (AvgIpc) is 2.88. The Hall–Kier alpha value is -3.51. The van der Waals surface area contributed by atoms with E-state index in [1.807, 2.05) is 67.9 Å². The maximum atomic E-state index is 14.5. The lowest BCUT2D eigenvalue weighted by molar-refractivity contribution is 0.237. The molecule has 5 rings (SSSR count). The third-order valence-electron chi connectivity index (χ3n) is 6.82. The summed E-state index contributed by atoms with van der Waals surface area (Å²) in [5.74, 6) is 0.602. The molecule has 176 valence electrons. The van der Waals surface area contributed by atoms with Crippen molar-refractivity contribution >= 4 is 13.3 Å². The van der Waals surface area contributed by atoms with E-state index >= 15 is 0 Å². The van der Waals surface area contributed by atoms with Crippen LogP contribution in [-0.2, 0) is 25.9 Å². The molecular weight excluding hydrogens is 436 g/mol. The molecule has 4 nitrogen and oxygen atoms in total. The Labute approximate surface area is 206 Å². The Morgan fingerprint density at radius 3 is 2.26 bits per heavy atom. The van der Waals surface area contributed by atoms with E-state index in [1.165, 1.54) is 0 Å². The van der Waals surface area contributed by atoms with Gasteiger partial charge in [0.05, 0.1) is 17.3 Å². The summed E-state index contributed by atoms with van der Waals surface area (Å²) in [6.07, 6.45) is 1.35. The number of aromatic nitrogens is 2. The number of hydrogen-bond acceptors (Lipinski definition) is 3. The van der Waals surface area contributed by atoms with E-state index in [2.05, 4.69) is 29.2 Å². The van der Waals surface area contributed by atoms with Crippen molar-refractivity contribution in [2.75, 3.05) is 6.54 Å². The molecule has 3 aromatic carbocycles. The summed E-state index contributed by atoms with van der Waals surface area (Å²) in [5.41, 5.74) is 5.25. The molecule has 0 radical (unpaired) electrons. The quantitative estimate of drug-likeness (QED) is 0.410. The summed E-state index contributed by atoms with van der Waals surface area (Å²) >= 11 is 0. The van der Waals surface area contributed by atoms with Gasteiger partial charge in [0.2, 0.25) is 0 Å². The molecule has 1 aliphatic heterocycles. The molecule has 0 spiro atoms. The number of aryl methyl sites for hydroxylation is 1. The fraction of sp³-hybridized carbons (Fsp3) is 0.241. The largest absolute Gasteiger partial charge is 0.294 e. The fourth-order valence-corrected chi connectivity index (χ4v) is 5.03. The summed E-state index contributed by atoms with van der Waals surface area (Å²) in [5, 5.41) is 0. The van der Waals surface area contributed by atoms with Crippen molar-refractivity contribution in [2.45, 2.75) is 38.9 Å². The predicted octanol–water partition coefficient (Wildman–Crippen LogP) is 3.40. The minimum Gasteiger partial charge on any atom is -0.294 e. The van der Waals surface area contributed by atoms with Crippen molar-refractivity contribution < 1.29 is 4.39 Å². The molecular formula is C29H29BFN3O. The van der Waals surface area contributed by atoms with Crippen LogP contribution < -0.4 is 11.0 Å². The van der Waals surface area contributed by atoms with E-state index in [4.69, 9.17) is 4.98 Å². The molecule has 0 amide bonds. The lowest BCUT2D eigenvalue weighted by Crippen LogP contribution is -2.40. The number of fused-ring (bicyclic) bond motifs is 1. The number of halogens is 1. The van der Waals surface area contributed by atoms with Crippen LogP contribution in [0.5, 0.6) is 0 Å². The molecule has 4 aromatic rings. The number of benzene rings is 3. The van der Waals surface area contributed by atoms with Crippen LogP contribution in [0.4, 0.5) is 4.39 Å². The van der Waals surface area contributed by atoms with Crippen molar-refractivity contribution in [2.24, 2.45) is 0 Å². The van der Waals surface area contributed by atoms with Crippen LogP contribution in [0.2, 0.25) is 0 Å². The monoisotopic (exact) mass is 465 g/mol. The van der Waals surface area contributed by atoms with Gasteiger partial charge in [0, 0.05) is 38.0 Å². The van der Waals surface area contributed by atoms with Gasteiger partial charge in [0.1, 0.15) is 19.5 Å². The SMILES string of the molecule is Bc1ccc(CN2CCc3nc(CC)n(C(c4ccccc4)c4ccccc4)c(=O)c3C2)c(F)c1. The van der Waals surface area contributed by atoms with Gasteiger partial charge < -0.3 is 0 Å². The van der Waals surface area contributed by atoms with Crippen LogP contribution in [0.25, 0.3) is 0 Å². The van der Waals surface area contributed by atoms with Crippen LogP contribution >= 0.6 is 0 Å². The van der Waals surface area contributed by atoms with Gasteiger partial charge in [0.25, 0.3) is 5.56 Å². The van der Waals surface area contributed by atoms with Gasteiger partial charge in [-0.2, -0.15) is 0 Å². The van der Waals surface area contributed by atoms with E-state index in [0.717, 1.165) is 40.2 Å². The van der Waals surface area contributed by atoms with Gasteiger partial charge in [-0.1, -0.05) is 85.2 Å². The van der Waals surface area contributed by atoms with E-state index in [-0.39, 0.29) is 17.4 Å². The summed E-state index contributed by atoms with van der Waals surface area (Å²) in [6.45, 7) is 3.74. The molecule has 0 saturated carbocycles. The first kappa shape index (κ1) is 23.2. The Bertz CT molecular complexity index is 1350. The van der Waals surface area contributed by atoms with E-state index in [9.17, 15) is 9.18 Å². The lowest BCUT2D eigenvalue weighted by atomic mass is 9.94. The highest BCUT2D eigenvalue weighted by molar-refractivity contribution is 6.32. The second kappa shape index (κ2) is 10.0. The van der Waals surface area contributed by atoms with E-state index in [0.29, 0.717) is 31.5 Å². The first-order valence-electron chi connectivity index (χ1n) is 12.3. The highest BCUT2D eigenvalue weighted by Crippen LogP contribution is 2.28. The van der Waals surface area contributed by atoms with Crippen LogP contribution in [0.3, 0.4) is 0 Å². The molecule has 0 aliphatic carbocycles. The van der Waals surface area contributed by atoms with Gasteiger partial charge in [-0.25, -0.2) is 9.37 Å². The number of nitrogens with zero attached hydrogens (tertiary/aromatic N) is 3. The lowest BCUT2D eigenvalue weighted by Gasteiger charge is -2.31. The third kappa shape index (κ3) is 4.71. The van der Waals surface area contributed by atoms with Gasteiger partial charge in [-0.15, -0.1) is 0 Å². The smallest absolute Gasteiger partial charge is 0.259 e. The van der Waals surface area contributed by atoms with E-state index in [1.54, 1.807) is 6.07 Å². The minimum absolute atomic E-state index is 0.00126. The molecule has 0 atom stereocenters. The highest BCUT2D eigenvalue weighted by Gasteiger charge is 2.27. The first-order chi connectivity index (χ1) is 17.0. The second-order valence-electron chi connectivity index (χ2n) is 9.26. The second-order valence-corrected chi connectivity index (χ2v) is 9.26. The zero-order valence-corrected chi connectivity index (χ0v) is 20.2. The van der Waals surface area contributed by atoms with Crippen molar-refractivity contribution in [3.8, 4) is 0 Å². The molecule has 0 unspecified atom stereocenters. The van der Waals surface area contributed by atoms with Crippen LogP contribution in [0, 0.1) is 5.82 Å². The van der Waals surface area contributed by atoms with Crippen molar-refractivity contribution in [3.05, 3.63) is 129 Å². The van der Waals surface area contributed by atoms with Gasteiger partial charge in [-0.05, 0) is 17.2 Å². The normalized spacial score (nSPS) is 13.7.